The Morgan fingerprint density at radius 2 is 2.11 bits per heavy atom. The smallest absolute Gasteiger partial charge is 0.269 e. The van der Waals surface area contributed by atoms with Crippen LogP contribution >= 0.6 is 11.3 Å². The number of thiazole rings is 1. The molecule has 0 aliphatic rings. The van der Waals surface area contributed by atoms with Crippen LogP contribution in [-0.4, -0.2) is 23.5 Å². The molecule has 0 aliphatic heterocycles. The van der Waals surface area contributed by atoms with Crippen LogP contribution in [0.15, 0.2) is 29.6 Å². The van der Waals surface area contributed by atoms with E-state index in [4.69, 9.17) is 0 Å². The normalized spacial score (nSPS) is 10.5. The summed E-state index contributed by atoms with van der Waals surface area (Å²) in [6.45, 7) is 0.892. The predicted molar refractivity (Wildman–Crippen MR) is 71.8 cm³/mol. The second-order valence-electron chi connectivity index (χ2n) is 3.80. The van der Waals surface area contributed by atoms with Crippen molar-refractivity contribution in [1.82, 2.24) is 10.3 Å². The molecule has 94 valence electrons. The van der Waals surface area contributed by atoms with Gasteiger partial charge in [0.1, 0.15) is 5.01 Å². The Hall–Kier alpha value is -1.79. The topological polar surface area (TPSA) is 68.1 Å². The lowest BCUT2D eigenvalue weighted by atomic mass is 10.2. The Labute approximate surface area is 109 Å². The van der Waals surface area contributed by atoms with Gasteiger partial charge in [0.2, 0.25) is 0 Å². The summed E-state index contributed by atoms with van der Waals surface area (Å²) < 4.78 is 0. The predicted octanol–water partition coefficient (Wildman–Crippen LogP) is 2.48. The summed E-state index contributed by atoms with van der Waals surface area (Å²) in [7, 11) is 1.91. The van der Waals surface area contributed by atoms with Crippen LogP contribution in [0, 0.1) is 10.1 Å². The van der Waals surface area contributed by atoms with Gasteiger partial charge in [0.05, 0.1) is 10.6 Å². The fraction of sp³-hybridized carbons (Fsp3) is 0.250. The highest BCUT2D eigenvalue weighted by Crippen LogP contribution is 2.25. The summed E-state index contributed by atoms with van der Waals surface area (Å²) in [5, 5.41) is 16.6. The van der Waals surface area contributed by atoms with E-state index in [1.165, 1.54) is 12.1 Å². The number of rotatable bonds is 5. The number of aromatic nitrogens is 1. The second-order valence-corrected chi connectivity index (χ2v) is 4.66. The maximum atomic E-state index is 10.6. The van der Waals surface area contributed by atoms with Crippen molar-refractivity contribution in [1.29, 1.82) is 0 Å². The number of nitro groups is 1. The van der Waals surface area contributed by atoms with E-state index in [-0.39, 0.29) is 5.69 Å². The van der Waals surface area contributed by atoms with E-state index in [2.05, 4.69) is 10.3 Å². The number of hydrogen-bond acceptors (Lipinski definition) is 5. The Morgan fingerprint density at radius 1 is 1.39 bits per heavy atom. The minimum Gasteiger partial charge on any atom is -0.319 e. The minimum atomic E-state index is -0.399. The first-order valence-corrected chi connectivity index (χ1v) is 6.42. The maximum Gasteiger partial charge on any atom is 0.269 e. The molecule has 0 saturated carbocycles. The van der Waals surface area contributed by atoms with Crippen LogP contribution < -0.4 is 5.32 Å². The molecular formula is C12H13N3O2S. The third-order valence-corrected chi connectivity index (χ3v) is 3.45. The molecule has 0 atom stereocenters. The molecule has 2 rings (SSSR count). The maximum absolute atomic E-state index is 10.6. The fourth-order valence-corrected chi connectivity index (χ4v) is 2.39. The molecule has 18 heavy (non-hydrogen) atoms. The monoisotopic (exact) mass is 263 g/mol. The third-order valence-electron chi connectivity index (χ3n) is 2.51. The first kappa shape index (κ1) is 12.7. The van der Waals surface area contributed by atoms with Crippen molar-refractivity contribution >= 4 is 17.0 Å². The number of nitrogens with one attached hydrogen (secondary N) is 1. The van der Waals surface area contributed by atoms with E-state index in [0.29, 0.717) is 0 Å². The van der Waals surface area contributed by atoms with Gasteiger partial charge in [0, 0.05) is 36.0 Å². The van der Waals surface area contributed by atoms with E-state index in [1.807, 2.05) is 12.4 Å². The van der Waals surface area contributed by atoms with E-state index in [1.54, 1.807) is 23.5 Å². The van der Waals surface area contributed by atoms with Crippen molar-refractivity contribution < 1.29 is 4.92 Å². The van der Waals surface area contributed by atoms with Gasteiger partial charge in [-0.2, -0.15) is 0 Å². The molecule has 0 fully saturated rings. The molecule has 2 aromatic rings. The molecular weight excluding hydrogens is 250 g/mol. The summed E-state index contributed by atoms with van der Waals surface area (Å²) >= 11 is 1.56. The van der Waals surface area contributed by atoms with Gasteiger partial charge in [-0.15, -0.1) is 11.3 Å². The van der Waals surface area contributed by atoms with Crippen LogP contribution in [0.4, 0.5) is 5.69 Å². The molecule has 0 saturated heterocycles. The summed E-state index contributed by atoms with van der Waals surface area (Å²) in [6, 6.07) is 6.48. The Bertz CT molecular complexity index is 537. The van der Waals surface area contributed by atoms with E-state index >= 15 is 0 Å². The lowest BCUT2D eigenvalue weighted by Gasteiger charge is -1.96. The average molecular weight is 263 g/mol. The molecule has 1 aromatic carbocycles. The third kappa shape index (κ3) is 2.91. The van der Waals surface area contributed by atoms with Gasteiger partial charge in [-0.1, -0.05) is 0 Å². The molecule has 1 aromatic heterocycles. The molecule has 1 heterocycles. The first-order chi connectivity index (χ1) is 8.70. The van der Waals surface area contributed by atoms with Crippen LogP contribution in [0.2, 0.25) is 0 Å². The van der Waals surface area contributed by atoms with Crippen molar-refractivity contribution in [3.8, 4) is 10.6 Å². The van der Waals surface area contributed by atoms with Crippen LogP contribution in [0.3, 0.4) is 0 Å². The zero-order valence-corrected chi connectivity index (χ0v) is 10.7. The number of hydrogen-bond donors (Lipinski definition) is 1. The van der Waals surface area contributed by atoms with Gasteiger partial charge >= 0.3 is 0 Å². The van der Waals surface area contributed by atoms with E-state index in [0.717, 1.165) is 29.2 Å². The lowest BCUT2D eigenvalue weighted by Crippen LogP contribution is -2.10. The molecule has 5 nitrogen and oxygen atoms in total. The van der Waals surface area contributed by atoms with Gasteiger partial charge in [-0.25, -0.2) is 4.98 Å². The van der Waals surface area contributed by atoms with Crippen LogP contribution in [0.1, 0.15) is 5.69 Å². The van der Waals surface area contributed by atoms with Crippen LogP contribution in [-0.2, 0) is 6.42 Å². The van der Waals surface area contributed by atoms with Crippen molar-refractivity contribution in [3.05, 3.63) is 45.5 Å². The Balaban J connectivity index is 2.15. The highest BCUT2D eigenvalue weighted by atomic mass is 32.1. The van der Waals surface area contributed by atoms with Gasteiger partial charge in [-0.05, 0) is 19.2 Å². The molecule has 0 unspecified atom stereocenters. The van der Waals surface area contributed by atoms with Crippen molar-refractivity contribution in [2.24, 2.45) is 0 Å². The quantitative estimate of drug-likeness (QED) is 0.664. The summed E-state index contributed by atoms with van der Waals surface area (Å²) in [4.78, 5) is 14.7. The Morgan fingerprint density at radius 3 is 2.72 bits per heavy atom. The first-order valence-electron chi connectivity index (χ1n) is 5.54. The molecule has 0 amide bonds. The van der Waals surface area contributed by atoms with Crippen molar-refractivity contribution in [2.45, 2.75) is 6.42 Å². The molecule has 0 radical (unpaired) electrons. The van der Waals surface area contributed by atoms with Gasteiger partial charge in [0.15, 0.2) is 0 Å². The summed E-state index contributed by atoms with van der Waals surface area (Å²) in [5.74, 6) is 0. The number of nitrogens with zero attached hydrogens (tertiary/aromatic N) is 2. The molecule has 1 N–H and O–H groups in total. The highest BCUT2D eigenvalue weighted by molar-refractivity contribution is 7.13. The lowest BCUT2D eigenvalue weighted by molar-refractivity contribution is -0.384. The van der Waals surface area contributed by atoms with E-state index in [9.17, 15) is 10.1 Å². The molecule has 0 spiro atoms. The number of likely N-dealkylation sites (N-methyl/N-ethyl adjacent to an activating group) is 1. The molecule has 6 heteroatoms. The fourth-order valence-electron chi connectivity index (χ4n) is 1.53. The van der Waals surface area contributed by atoms with Crippen LogP contribution in [0.25, 0.3) is 10.6 Å². The number of non-ortho nitro benzene ring substituents is 1. The van der Waals surface area contributed by atoms with Gasteiger partial charge in [-0.3, -0.25) is 10.1 Å². The molecule has 0 aliphatic carbocycles. The van der Waals surface area contributed by atoms with Crippen molar-refractivity contribution in [3.63, 3.8) is 0 Å². The largest absolute Gasteiger partial charge is 0.319 e. The van der Waals surface area contributed by atoms with Gasteiger partial charge < -0.3 is 5.32 Å². The minimum absolute atomic E-state index is 0.103. The second kappa shape index (κ2) is 5.70. The zero-order valence-electron chi connectivity index (χ0n) is 9.92. The van der Waals surface area contributed by atoms with E-state index < -0.39 is 4.92 Å². The summed E-state index contributed by atoms with van der Waals surface area (Å²) in [6.07, 6.45) is 0.889. The Kier molecular flexibility index (Phi) is 4.01. The standard InChI is InChI=1S/C12H13N3O2S/c1-13-7-6-10-8-18-12(14-10)9-2-4-11(5-3-9)15(16)17/h2-5,8,13H,6-7H2,1H3. The number of nitro benzene ring substituents is 1. The molecule has 0 bridgehead atoms. The van der Waals surface area contributed by atoms with Crippen molar-refractivity contribution in [2.75, 3.05) is 13.6 Å². The summed E-state index contributed by atoms with van der Waals surface area (Å²) in [5.41, 5.74) is 2.06. The SMILES string of the molecule is CNCCc1csc(-c2ccc([N+](=O)[O-])cc2)n1. The number of benzene rings is 1. The zero-order chi connectivity index (χ0) is 13.0. The van der Waals surface area contributed by atoms with Gasteiger partial charge in [0.25, 0.3) is 5.69 Å². The highest BCUT2D eigenvalue weighted by Gasteiger charge is 2.08. The van der Waals surface area contributed by atoms with Crippen LogP contribution in [0.5, 0.6) is 0 Å². The average Bonchev–Trinajstić information content (AvgIpc) is 2.85.